The van der Waals surface area contributed by atoms with Crippen molar-refractivity contribution in [2.75, 3.05) is 18.0 Å². The average molecular weight is 347 g/mol. The number of aromatic nitrogens is 3. The summed E-state index contributed by atoms with van der Waals surface area (Å²) in [5.41, 5.74) is 8.29. The molecule has 0 unspecified atom stereocenters. The topological polar surface area (TPSA) is 85.0 Å². The van der Waals surface area contributed by atoms with Gasteiger partial charge in [-0.05, 0) is 25.1 Å². The number of hydrogen-bond donors (Lipinski definition) is 1. The number of pyridine rings is 1. The van der Waals surface area contributed by atoms with E-state index in [9.17, 15) is 4.79 Å². The Morgan fingerprint density at radius 3 is 2.50 bits per heavy atom. The summed E-state index contributed by atoms with van der Waals surface area (Å²) in [7, 11) is 0. The zero-order valence-corrected chi connectivity index (χ0v) is 14.7. The summed E-state index contributed by atoms with van der Waals surface area (Å²) in [5.74, 6) is -0.0646. The zero-order chi connectivity index (χ0) is 18.4. The maximum Gasteiger partial charge on any atom is 0.267 e. The summed E-state index contributed by atoms with van der Waals surface area (Å²) in [5, 5.41) is 0. The van der Waals surface area contributed by atoms with Crippen LogP contribution in [0.25, 0.3) is 11.3 Å². The van der Waals surface area contributed by atoms with E-state index in [1.165, 1.54) is 0 Å². The second-order valence-corrected chi connectivity index (χ2v) is 5.82. The molecule has 6 nitrogen and oxygen atoms in total. The van der Waals surface area contributed by atoms with Gasteiger partial charge in [-0.3, -0.25) is 9.78 Å². The first kappa shape index (κ1) is 17.5. The van der Waals surface area contributed by atoms with Gasteiger partial charge in [0.15, 0.2) is 0 Å². The van der Waals surface area contributed by atoms with Crippen LogP contribution in [0.2, 0.25) is 0 Å². The van der Waals surface area contributed by atoms with E-state index in [4.69, 9.17) is 5.73 Å². The average Bonchev–Trinajstić information content (AvgIpc) is 2.69. The molecule has 0 bridgehead atoms. The Labute approximate surface area is 152 Å². The van der Waals surface area contributed by atoms with Gasteiger partial charge in [0.1, 0.15) is 5.69 Å². The number of nitrogens with two attached hydrogens (primary N) is 1. The van der Waals surface area contributed by atoms with Crippen molar-refractivity contribution in [3.8, 4) is 11.3 Å². The van der Waals surface area contributed by atoms with E-state index in [0.717, 1.165) is 17.7 Å². The lowest BCUT2D eigenvalue weighted by Crippen LogP contribution is -2.29. The predicted molar refractivity (Wildman–Crippen MR) is 102 cm³/mol. The predicted octanol–water partition coefficient (Wildman–Crippen LogP) is 2.71. The molecular weight excluding hydrogens is 326 g/mol. The second-order valence-electron chi connectivity index (χ2n) is 5.82. The number of primary amides is 1. The van der Waals surface area contributed by atoms with Crippen molar-refractivity contribution in [3.05, 3.63) is 72.2 Å². The quantitative estimate of drug-likeness (QED) is 0.710. The first-order valence-corrected chi connectivity index (χ1v) is 8.56. The molecule has 0 fully saturated rings. The molecular formula is C20H21N5O. The Morgan fingerprint density at radius 2 is 1.85 bits per heavy atom. The Morgan fingerprint density at radius 1 is 1.08 bits per heavy atom. The highest BCUT2D eigenvalue weighted by atomic mass is 16.1. The summed E-state index contributed by atoms with van der Waals surface area (Å²) in [6, 6.07) is 17.2. The lowest BCUT2D eigenvalue weighted by Gasteiger charge is -2.21. The first-order chi connectivity index (χ1) is 12.7. The van der Waals surface area contributed by atoms with Gasteiger partial charge < -0.3 is 10.6 Å². The Balaban J connectivity index is 1.91. The molecule has 0 radical (unpaired) electrons. The van der Waals surface area contributed by atoms with Gasteiger partial charge in [0.25, 0.3) is 5.91 Å². The highest BCUT2D eigenvalue weighted by molar-refractivity contribution is 5.92. The molecule has 1 aromatic carbocycles. The van der Waals surface area contributed by atoms with Crippen LogP contribution < -0.4 is 10.6 Å². The molecule has 3 aromatic rings. The van der Waals surface area contributed by atoms with Crippen LogP contribution in [0.3, 0.4) is 0 Å². The smallest absolute Gasteiger partial charge is 0.267 e. The van der Waals surface area contributed by atoms with Crippen LogP contribution in [0.15, 0.2) is 60.8 Å². The number of anilines is 1. The summed E-state index contributed by atoms with van der Waals surface area (Å²) in [6.07, 6.45) is 2.54. The Kier molecular flexibility index (Phi) is 5.53. The van der Waals surface area contributed by atoms with Crippen molar-refractivity contribution in [2.45, 2.75) is 13.3 Å². The van der Waals surface area contributed by atoms with Gasteiger partial charge in [0.2, 0.25) is 5.95 Å². The van der Waals surface area contributed by atoms with Crippen LogP contribution in [0, 0.1) is 0 Å². The van der Waals surface area contributed by atoms with Crippen molar-refractivity contribution in [1.29, 1.82) is 0 Å². The van der Waals surface area contributed by atoms with Gasteiger partial charge in [-0.15, -0.1) is 0 Å². The third-order valence-corrected chi connectivity index (χ3v) is 4.06. The molecule has 0 aliphatic rings. The van der Waals surface area contributed by atoms with Gasteiger partial charge in [-0.2, -0.15) is 0 Å². The normalized spacial score (nSPS) is 10.5. The molecule has 0 saturated heterocycles. The van der Waals surface area contributed by atoms with Gasteiger partial charge >= 0.3 is 0 Å². The van der Waals surface area contributed by atoms with Crippen molar-refractivity contribution in [2.24, 2.45) is 5.73 Å². The molecule has 1 amide bonds. The van der Waals surface area contributed by atoms with Crippen LogP contribution in [0.5, 0.6) is 0 Å². The molecule has 2 N–H and O–H groups in total. The van der Waals surface area contributed by atoms with Crippen LogP contribution in [0.4, 0.5) is 5.95 Å². The van der Waals surface area contributed by atoms with E-state index in [1.54, 1.807) is 12.3 Å². The molecule has 0 saturated carbocycles. The minimum absolute atomic E-state index is 0.213. The van der Waals surface area contributed by atoms with Crippen molar-refractivity contribution < 1.29 is 4.79 Å². The number of amides is 1. The molecule has 0 aliphatic carbocycles. The molecule has 26 heavy (non-hydrogen) atoms. The SMILES string of the molecule is CCN(CCc1ccccn1)c1nc(C(N)=O)cc(-c2ccccc2)n1. The lowest BCUT2D eigenvalue weighted by molar-refractivity contribution is 0.0995. The fourth-order valence-corrected chi connectivity index (χ4v) is 2.65. The minimum atomic E-state index is -0.563. The van der Waals surface area contributed by atoms with E-state index in [1.807, 2.05) is 60.4 Å². The Bertz CT molecular complexity index is 868. The van der Waals surface area contributed by atoms with Crippen molar-refractivity contribution in [3.63, 3.8) is 0 Å². The van der Waals surface area contributed by atoms with E-state index < -0.39 is 5.91 Å². The third-order valence-electron chi connectivity index (χ3n) is 4.06. The number of rotatable bonds is 7. The molecule has 2 aromatic heterocycles. The highest BCUT2D eigenvalue weighted by Gasteiger charge is 2.15. The largest absolute Gasteiger partial charge is 0.364 e. The molecule has 0 aliphatic heterocycles. The van der Waals surface area contributed by atoms with Gasteiger partial charge in [-0.1, -0.05) is 36.4 Å². The summed E-state index contributed by atoms with van der Waals surface area (Å²) in [6.45, 7) is 3.44. The van der Waals surface area contributed by atoms with Gasteiger partial charge in [0.05, 0.1) is 5.69 Å². The standard InChI is InChI=1S/C20H21N5O/c1-2-25(13-11-16-10-6-7-12-22-16)20-23-17(14-18(24-20)19(21)26)15-8-4-3-5-9-15/h3-10,12,14H,2,11,13H2,1H3,(H2,21,26). The van der Waals surface area contributed by atoms with E-state index in [2.05, 4.69) is 15.0 Å². The molecule has 0 spiro atoms. The zero-order valence-electron chi connectivity index (χ0n) is 14.7. The maximum atomic E-state index is 11.7. The van der Waals surface area contributed by atoms with E-state index in [-0.39, 0.29) is 5.69 Å². The summed E-state index contributed by atoms with van der Waals surface area (Å²) >= 11 is 0. The van der Waals surface area contributed by atoms with Gasteiger partial charge in [0, 0.05) is 37.0 Å². The van der Waals surface area contributed by atoms with Crippen LogP contribution >= 0.6 is 0 Å². The molecule has 3 rings (SSSR count). The van der Waals surface area contributed by atoms with Crippen molar-refractivity contribution >= 4 is 11.9 Å². The van der Waals surface area contributed by atoms with Crippen LogP contribution in [-0.4, -0.2) is 33.9 Å². The molecule has 6 heteroatoms. The first-order valence-electron chi connectivity index (χ1n) is 8.56. The molecule has 0 atom stereocenters. The Hall–Kier alpha value is -3.28. The van der Waals surface area contributed by atoms with E-state index in [0.29, 0.717) is 24.7 Å². The third kappa shape index (κ3) is 4.22. The lowest BCUT2D eigenvalue weighted by atomic mass is 10.1. The monoisotopic (exact) mass is 347 g/mol. The second kappa shape index (κ2) is 8.20. The number of benzene rings is 1. The highest BCUT2D eigenvalue weighted by Crippen LogP contribution is 2.20. The maximum absolute atomic E-state index is 11.7. The number of carbonyl (C=O) groups excluding carboxylic acids is 1. The number of hydrogen-bond acceptors (Lipinski definition) is 5. The molecule has 132 valence electrons. The minimum Gasteiger partial charge on any atom is -0.364 e. The van der Waals surface area contributed by atoms with E-state index >= 15 is 0 Å². The van der Waals surface area contributed by atoms with Crippen LogP contribution in [-0.2, 0) is 6.42 Å². The molecule has 2 heterocycles. The summed E-state index contributed by atoms with van der Waals surface area (Å²) < 4.78 is 0. The van der Waals surface area contributed by atoms with Gasteiger partial charge in [-0.25, -0.2) is 9.97 Å². The number of likely N-dealkylation sites (N-methyl/N-ethyl adjacent to an activating group) is 1. The fraction of sp³-hybridized carbons (Fsp3) is 0.200. The number of nitrogens with zero attached hydrogens (tertiary/aromatic N) is 4. The summed E-state index contributed by atoms with van der Waals surface area (Å²) in [4.78, 5) is 27.1. The van der Waals surface area contributed by atoms with Crippen LogP contribution in [0.1, 0.15) is 23.1 Å². The van der Waals surface area contributed by atoms with Crippen molar-refractivity contribution in [1.82, 2.24) is 15.0 Å². The number of carbonyl (C=O) groups is 1. The fourth-order valence-electron chi connectivity index (χ4n) is 2.65.